The number of nitro groups is 1. The topological polar surface area (TPSA) is 87.4 Å². The number of ether oxygens (including phenoxy) is 2. The molecule has 0 bridgehead atoms. The van der Waals surface area contributed by atoms with Gasteiger partial charge in [-0.15, -0.1) is 0 Å². The van der Waals surface area contributed by atoms with Gasteiger partial charge in [0.1, 0.15) is 6.20 Å². The highest BCUT2D eigenvalue weighted by molar-refractivity contribution is 5.38. The molecule has 0 radical (unpaired) electrons. The monoisotopic (exact) mass is 235 g/mol. The molecule has 9 heteroatoms. The van der Waals surface area contributed by atoms with Gasteiger partial charge in [0.15, 0.2) is 6.61 Å². The van der Waals surface area contributed by atoms with Crippen LogP contribution >= 0.6 is 0 Å². The predicted molar refractivity (Wildman–Crippen MR) is 46.7 cm³/mol. The lowest BCUT2D eigenvalue weighted by Crippen LogP contribution is -2.10. The molecule has 7 nitrogen and oxygen atoms in total. The van der Waals surface area contributed by atoms with Gasteiger partial charge < -0.3 is 9.47 Å². The number of rotatable bonds is 5. The molecule has 1 aromatic heterocycles. The quantitative estimate of drug-likeness (QED) is 0.559. The van der Waals surface area contributed by atoms with E-state index in [1.807, 2.05) is 0 Å². The molecule has 0 unspecified atom stereocenters. The van der Waals surface area contributed by atoms with Gasteiger partial charge in [-0.2, -0.15) is 9.97 Å². The largest absolute Gasteiger partial charge is 0.476 e. The molecule has 0 fully saturated rings. The van der Waals surface area contributed by atoms with Crippen molar-refractivity contribution in [2.45, 2.75) is 6.43 Å². The standard InChI is InChI=1S/C7H7F2N3O4/c1-15-6-4(12(13)14)2-10-7(11-6)16-3-5(8)9/h2,5H,3H2,1H3. The second-order valence-corrected chi connectivity index (χ2v) is 2.51. The Morgan fingerprint density at radius 1 is 1.62 bits per heavy atom. The minimum Gasteiger partial charge on any atom is -0.476 e. The number of aromatic nitrogens is 2. The molecule has 0 spiro atoms. The van der Waals surface area contributed by atoms with Gasteiger partial charge in [-0.1, -0.05) is 0 Å². The summed E-state index contributed by atoms with van der Waals surface area (Å²) in [6.45, 7) is -0.888. The summed E-state index contributed by atoms with van der Waals surface area (Å²) in [5.74, 6) is -0.343. The van der Waals surface area contributed by atoms with Crippen LogP contribution in [-0.4, -0.2) is 35.0 Å². The lowest BCUT2D eigenvalue weighted by molar-refractivity contribution is -0.386. The lowest BCUT2D eigenvalue weighted by atomic mass is 10.5. The molecular weight excluding hydrogens is 228 g/mol. The number of hydrogen-bond acceptors (Lipinski definition) is 6. The van der Waals surface area contributed by atoms with E-state index in [2.05, 4.69) is 19.4 Å². The van der Waals surface area contributed by atoms with Gasteiger partial charge >= 0.3 is 11.7 Å². The molecule has 0 saturated heterocycles. The Bertz CT molecular complexity index is 388. The van der Waals surface area contributed by atoms with E-state index in [-0.39, 0.29) is 5.88 Å². The molecule has 0 saturated carbocycles. The Balaban J connectivity index is 2.86. The van der Waals surface area contributed by atoms with E-state index in [0.717, 1.165) is 13.3 Å². The van der Waals surface area contributed by atoms with Gasteiger partial charge in [0, 0.05) is 0 Å². The van der Waals surface area contributed by atoms with E-state index in [1.165, 1.54) is 0 Å². The summed E-state index contributed by atoms with van der Waals surface area (Å²) in [5, 5.41) is 10.4. The first-order valence-electron chi connectivity index (χ1n) is 4.01. The van der Waals surface area contributed by atoms with Gasteiger partial charge in [0.25, 0.3) is 12.3 Å². The summed E-state index contributed by atoms with van der Waals surface area (Å²) in [6.07, 6.45) is -1.85. The maximum atomic E-state index is 11.8. The van der Waals surface area contributed by atoms with Crippen LogP contribution in [0.4, 0.5) is 14.5 Å². The summed E-state index contributed by atoms with van der Waals surface area (Å²) >= 11 is 0. The summed E-state index contributed by atoms with van der Waals surface area (Å²) in [5.41, 5.74) is -0.466. The zero-order chi connectivity index (χ0) is 12.1. The van der Waals surface area contributed by atoms with Crippen molar-refractivity contribution in [2.24, 2.45) is 0 Å². The van der Waals surface area contributed by atoms with Crippen LogP contribution in [0.5, 0.6) is 11.9 Å². The van der Waals surface area contributed by atoms with Crippen LogP contribution in [0.1, 0.15) is 0 Å². The first-order chi connectivity index (χ1) is 7.54. The van der Waals surface area contributed by atoms with Crippen molar-refractivity contribution in [1.82, 2.24) is 9.97 Å². The number of nitrogens with zero attached hydrogens (tertiary/aromatic N) is 3. The third-order valence-electron chi connectivity index (χ3n) is 1.44. The Hall–Kier alpha value is -2.06. The van der Waals surface area contributed by atoms with E-state index in [1.54, 1.807) is 0 Å². The number of hydrogen-bond donors (Lipinski definition) is 0. The molecule has 1 rings (SSSR count). The SMILES string of the molecule is COc1nc(OCC(F)F)ncc1[N+](=O)[O-]. The van der Waals surface area contributed by atoms with E-state index in [4.69, 9.17) is 0 Å². The third kappa shape index (κ3) is 2.97. The predicted octanol–water partition coefficient (Wildman–Crippen LogP) is 1.04. The first kappa shape index (κ1) is 12.0. The number of halogens is 2. The average Bonchev–Trinajstić information content (AvgIpc) is 2.25. The fourth-order valence-electron chi connectivity index (χ4n) is 0.827. The lowest BCUT2D eigenvalue weighted by Gasteiger charge is -2.04. The summed E-state index contributed by atoms with van der Waals surface area (Å²) in [4.78, 5) is 16.5. The molecule has 16 heavy (non-hydrogen) atoms. The Kier molecular flexibility index (Phi) is 3.86. The zero-order valence-corrected chi connectivity index (χ0v) is 8.09. The molecule has 0 N–H and O–H groups in total. The van der Waals surface area contributed by atoms with E-state index < -0.39 is 29.7 Å². The number of alkyl halides is 2. The molecule has 88 valence electrons. The number of methoxy groups -OCH3 is 1. The Morgan fingerprint density at radius 3 is 2.81 bits per heavy atom. The molecule has 0 aliphatic carbocycles. The highest BCUT2D eigenvalue weighted by Gasteiger charge is 2.18. The smallest absolute Gasteiger partial charge is 0.349 e. The van der Waals surface area contributed by atoms with Crippen molar-refractivity contribution in [3.8, 4) is 11.9 Å². The first-order valence-corrected chi connectivity index (χ1v) is 4.01. The minimum absolute atomic E-state index is 0.343. The molecule has 0 aliphatic rings. The summed E-state index contributed by atoms with van der Waals surface area (Å²) < 4.78 is 32.6. The Morgan fingerprint density at radius 2 is 2.31 bits per heavy atom. The van der Waals surface area contributed by atoms with Gasteiger partial charge in [-0.3, -0.25) is 10.1 Å². The summed E-state index contributed by atoms with van der Waals surface area (Å²) in [6, 6.07) is -0.400. The van der Waals surface area contributed by atoms with Crippen LogP contribution in [0.15, 0.2) is 6.20 Å². The fourth-order valence-corrected chi connectivity index (χ4v) is 0.827. The normalized spacial score (nSPS) is 10.2. The van der Waals surface area contributed by atoms with E-state index >= 15 is 0 Å². The van der Waals surface area contributed by atoms with Gasteiger partial charge in [0.2, 0.25) is 0 Å². The Labute approximate surface area is 88.2 Å². The van der Waals surface area contributed by atoms with Crippen LogP contribution in [0.25, 0.3) is 0 Å². The molecular formula is C7H7F2N3O4. The van der Waals surface area contributed by atoms with E-state index in [9.17, 15) is 18.9 Å². The van der Waals surface area contributed by atoms with Crippen molar-refractivity contribution >= 4 is 5.69 Å². The van der Waals surface area contributed by atoms with Crippen LogP contribution in [-0.2, 0) is 0 Å². The summed E-state index contributed by atoms with van der Waals surface area (Å²) in [7, 11) is 1.16. The molecule has 0 aliphatic heterocycles. The van der Waals surface area contributed by atoms with E-state index in [0.29, 0.717) is 0 Å². The second kappa shape index (κ2) is 5.14. The minimum atomic E-state index is -2.68. The molecule has 0 atom stereocenters. The average molecular weight is 235 g/mol. The highest BCUT2D eigenvalue weighted by Crippen LogP contribution is 2.24. The van der Waals surface area contributed by atoms with Gasteiger partial charge in [-0.25, -0.2) is 8.78 Å². The van der Waals surface area contributed by atoms with Gasteiger partial charge in [0.05, 0.1) is 12.0 Å². The maximum absolute atomic E-state index is 11.8. The van der Waals surface area contributed by atoms with Crippen LogP contribution in [0.2, 0.25) is 0 Å². The van der Waals surface area contributed by atoms with Crippen LogP contribution in [0.3, 0.4) is 0 Å². The van der Waals surface area contributed by atoms with Crippen LogP contribution in [0, 0.1) is 10.1 Å². The van der Waals surface area contributed by atoms with Crippen molar-refractivity contribution in [2.75, 3.05) is 13.7 Å². The molecule has 1 heterocycles. The maximum Gasteiger partial charge on any atom is 0.349 e. The fraction of sp³-hybridized carbons (Fsp3) is 0.429. The van der Waals surface area contributed by atoms with Crippen molar-refractivity contribution in [3.05, 3.63) is 16.3 Å². The van der Waals surface area contributed by atoms with Crippen LogP contribution < -0.4 is 9.47 Å². The molecule has 0 aromatic carbocycles. The molecule has 1 aromatic rings. The second-order valence-electron chi connectivity index (χ2n) is 2.51. The molecule has 0 amide bonds. The van der Waals surface area contributed by atoms with Crippen molar-refractivity contribution in [1.29, 1.82) is 0 Å². The zero-order valence-electron chi connectivity index (χ0n) is 8.09. The highest BCUT2D eigenvalue weighted by atomic mass is 19.3. The third-order valence-corrected chi connectivity index (χ3v) is 1.44. The van der Waals surface area contributed by atoms with Crippen molar-refractivity contribution < 1.29 is 23.2 Å². The van der Waals surface area contributed by atoms with Crippen molar-refractivity contribution in [3.63, 3.8) is 0 Å². The van der Waals surface area contributed by atoms with Gasteiger partial charge in [-0.05, 0) is 0 Å².